The van der Waals surface area contributed by atoms with Gasteiger partial charge in [-0.05, 0) is 24.3 Å². The highest BCUT2D eigenvalue weighted by Crippen LogP contribution is 2.28. The molecule has 0 aliphatic heterocycles. The highest BCUT2D eigenvalue weighted by Gasteiger charge is 2.19. The summed E-state index contributed by atoms with van der Waals surface area (Å²) in [5, 5.41) is 9.65. The Balaban J connectivity index is 1.83. The van der Waals surface area contributed by atoms with E-state index in [1.165, 1.54) is 7.11 Å². The molecule has 122 valence electrons. The topological polar surface area (TPSA) is 77.2 Å². The minimum absolute atomic E-state index is 0.0807. The van der Waals surface area contributed by atoms with E-state index >= 15 is 0 Å². The zero-order valence-corrected chi connectivity index (χ0v) is 12.4. The van der Waals surface area contributed by atoms with E-state index in [0.29, 0.717) is 17.4 Å². The van der Waals surface area contributed by atoms with E-state index in [2.05, 4.69) is 15.5 Å². The molecule has 0 saturated carbocycles. The van der Waals surface area contributed by atoms with Gasteiger partial charge in [-0.25, -0.2) is 8.78 Å². The molecule has 0 radical (unpaired) electrons. The van der Waals surface area contributed by atoms with Crippen LogP contribution in [0.25, 0.3) is 11.5 Å². The zero-order valence-electron chi connectivity index (χ0n) is 12.4. The second kappa shape index (κ2) is 6.45. The summed E-state index contributed by atoms with van der Waals surface area (Å²) in [6, 6.07) is 9.68. The third kappa shape index (κ3) is 3.07. The maximum absolute atomic E-state index is 13.6. The van der Waals surface area contributed by atoms with Gasteiger partial charge < -0.3 is 14.5 Å². The number of para-hydroxylation sites is 1. The molecule has 1 aromatic heterocycles. The Bertz CT molecular complexity index is 896. The van der Waals surface area contributed by atoms with E-state index in [9.17, 15) is 13.6 Å². The molecule has 0 spiro atoms. The third-order valence-corrected chi connectivity index (χ3v) is 3.14. The van der Waals surface area contributed by atoms with Crippen molar-refractivity contribution in [3.05, 3.63) is 60.0 Å². The van der Waals surface area contributed by atoms with Gasteiger partial charge in [0.1, 0.15) is 17.4 Å². The van der Waals surface area contributed by atoms with Gasteiger partial charge in [-0.15, -0.1) is 10.2 Å². The maximum Gasteiger partial charge on any atom is 0.313 e. The molecule has 0 aliphatic rings. The number of ether oxygens (including phenoxy) is 1. The lowest BCUT2D eigenvalue weighted by atomic mass is 10.2. The Kier molecular flexibility index (Phi) is 4.19. The number of hydrogen-bond donors (Lipinski definition) is 1. The summed E-state index contributed by atoms with van der Waals surface area (Å²) < 4.78 is 36.9. The SMILES string of the molecule is COc1ccccc1-c1nnc(C(=O)Nc2ccc(F)cc2F)o1. The van der Waals surface area contributed by atoms with Crippen molar-refractivity contribution in [2.75, 3.05) is 12.4 Å². The number of hydrogen-bond acceptors (Lipinski definition) is 5. The number of nitrogens with one attached hydrogen (secondary N) is 1. The lowest BCUT2D eigenvalue weighted by Gasteiger charge is -2.04. The third-order valence-electron chi connectivity index (χ3n) is 3.14. The molecule has 24 heavy (non-hydrogen) atoms. The highest BCUT2D eigenvalue weighted by atomic mass is 19.1. The van der Waals surface area contributed by atoms with Crippen LogP contribution in [-0.4, -0.2) is 23.2 Å². The maximum atomic E-state index is 13.6. The molecule has 1 heterocycles. The molecule has 6 nitrogen and oxygen atoms in total. The second-order valence-corrected chi connectivity index (χ2v) is 4.69. The number of amides is 1. The second-order valence-electron chi connectivity index (χ2n) is 4.69. The Morgan fingerprint density at radius 3 is 2.71 bits per heavy atom. The number of carbonyl (C=O) groups is 1. The van der Waals surface area contributed by atoms with E-state index in [1.54, 1.807) is 24.3 Å². The lowest BCUT2D eigenvalue weighted by Crippen LogP contribution is -2.13. The summed E-state index contributed by atoms with van der Waals surface area (Å²) in [5.41, 5.74) is 0.318. The van der Waals surface area contributed by atoms with E-state index in [1.807, 2.05) is 0 Å². The summed E-state index contributed by atoms with van der Waals surface area (Å²) in [5.74, 6) is -2.25. The van der Waals surface area contributed by atoms with Crippen molar-refractivity contribution >= 4 is 11.6 Å². The van der Waals surface area contributed by atoms with Crippen molar-refractivity contribution in [3.8, 4) is 17.2 Å². The van der Waals surface area contributed by atoms with Gasteiger partial charge in [0.15, 0.2) is 0 Å². The van der Waals surface area contributed by atoms with Gasteiger partial charge in [-0.3, -0.25) is 4.79 Å². The monoisotopic (exact) mass is 331 g/mol. The van der Waals surface area contributed by atoms with Gasteiger partial charge in [0, 0.05) is 6.07 Å². The molecule has 0 saturated heterocycles. The molecule has 0 unspecified atom stereocenters. The summed E-state index contributed by atoms with van der Waals surface area (Å²) in [7, 11) is 1.49. The number of halogens is 2. The van der Waals surface area contributed by atoms with Gasteiger partial charge in [-0.2, -0.15) is 0 Å². The van der Waals surface area contributed by atoms with Crippen LogP contribution in [0.2, 0.25) is 0 Å². The summed E-state index contributed by atoms with van der Waals surface area (Å²) >= 11 is 0. The minimum atomic E-state index is -0.909. The average molecular weight is 331 g/mol. The predicted octanol–water partition coefficient (Wildman–Crippen LogP) is 3.28. The van der Waals surface area contributed by atoms with E-state index in [0.717, 1.165) is 12.1 Å². The van der Waals surface area contributed by atoms with Gasteiger partial charge in [0.2, 0.25) is 0 Å². The van der Waals surface area contributed by atoms with E-state index in [-0.39, 0.29) is 17.5 Å². The van der Waals surface area contributed by atoms with Crippen LogP contribution in [0.15, 0.2) is 46.9 Å². The molecule has 1 amide bonds. The van der Waals surface area contributed by atoms with Crippen LogP contribution in [0.4, 0.5) is 14.5 Å². The fourth-order valence-corrected chi connectivity index (χ4v) is 2.01. The van der Waals surface area contributed by atoms with Crippen molar-refractivity contribution in [1.29, 1.82) is 0 Å². The zero-order chi connectivity index (χ0) is 17.1. The van der Waals surface area contributed by atoms with Crippen LogP contribution < -0.4 is 10.1 Å². The largest absolute Gasteiger partial charge is 0.496 e. The molecule has 3 aromatic rings. The first-order chi connectivity index (χ1) is 11.6. The molecular weight excluding hydrogens is 320 g/mol. The Hall–Kier alpha value is -3.29. The number of rotatable bonds is 4. The molecule has 8 heteroatoms. The number of carbonyl (C=O) groups excluding carboxylic acids is 1. The smallest absolute Gasteiger partial charge is 0.313 e. The number of aromatic nitrogens is 2. The Morgan fingerprint density at radius 1 is 1.17 bits per heavy atom. The van der Waals surface area contributed by atoms with Crippen molar-refractivity contribution in [1.82, 2.24) is 10.2 Å². The van der Waals surface area contributed by atoms with Crippen LogP contribution in [0.3, 0.4) is 0 Å². The van der Waals surface area contributed by atoms with Gasteiger partial charge in [0.25, 0.3) is 5.89 Å². The van der Waals surface area contributed by atoms with Crippen molar-refractivity contribution < 1.29 is 22.7 Å². The Labute approximate surface area is 135 Å². The van der Waals surface area contributed by atoms with Crippen LogP contribution in [0.1, 0.15) is 10.7 Å². The van der Waals surface area contributed by atoms with Crippen LogP contribution in [0.5, 0.6) is 5.75 Å². The molecule has 0 atom stereocenters. The van der Waals surface area contributed by atoms with E-state index < -0.39 is 17.5 Å². The molecule has 2 aromatic carbocycles. The average Bonchev–Trinajstić information content (AvgIpc) is 3.07. The van der Waals surface area contributed by atoms with Crippen molar-refractivity contribution in [2.45, 2.75) is 0 Å². The van der Waals surface area contributed by atoms with Crippen LogP contribution in [0, 0.1) is 11.6 Å². The van der Waals surface area contributed by atoms with Gasteiger partial charge >= 0.3 is 11.8 Å². The number of anilines is 1. The number of benzene rings is 2. The molecule has 0 bridgehead atoms. The standard InChI is InChI=1S/C16H11F2N3O3/c1-23-13-5-3-2-4-10(13)15-20-21-16(24-15)14(22)19-12-7-6-9(17)8-11(12)18/h2-8H,1H3,(H,19,22). The predicted molar refractivity (Wildman–Crippen MR) is 80.6 cm³/mol. The molecule has 0 aliphatic carbocycles. The number of nitrogens with zero attached hydrogens (tertiary/aromatic N) is 2. The number of methoxy groups -OCH3 is 1. The summed E-state index contributed by atoms with van der Waals surface area (Å²) in [6.07, 6.45) is 0. The first-order valence-electron chi connectivity index (χ1n) is 6.82. The van der Waals surface area contributed by atoms with Crippen LogP contribution in [-0.2, 0) is 0 Å². The quantitative estimate of drug-likeness (QED) is 0.794. The molecule has 1 N–H and O–H groups in total. The van der Waals surface area contributed by atoms with Gasteiger partial charge in [0.05, 0.1) is 18.4 Å². The Morgan fingerprint density at radius 2 is 1.96 bits per heavy atom. The first-order valence-corrected chi connectivity index (χ1v) is 6.82. The minimum Gasteiger partial charge on any atom is -0.496 e. The first kappa shape index (κ1) is 15.6. The fourth-order valence-electron chi connectivity index (χ4n) is 2.01. The summed E-state index contributed by atoms with van der Waals surface area (Å²) in [6.45, 7) is 0. The molecule has 0 fully saturated rings. The van der Waals surface area contributed by atoms with Crippen molar-refractivity contribution in [2.24, 2.45) is 0 Å². The van der Waals surface area contributed by atoms with Gasteiger partial charge in [-0.1, -0.05) is 12.1 Å². The van der Waals surface area contributed by atoms with E-state index in [4.69, 9.17) is 9.15 Å². The molecule has 3 rings (SSSR count). The normalized spacial score (nSPS) is 10.5. The van der Waals surface area contributed by atoms with Crippen molar-refractivity contribution in [3.63, 3.8) is 0 Å². The fraction of sp³-hybridized carbons (Fsp3) is 0.0625. The summed E-state index contributed by atoms with van der Waals surface area (Å²) in [4.78, 5) is 12.1. The highest BCUT2D eigenvalue weighted by molar-refractivity contribution is 6.01. The molecular formula is C16H11F2N3O3. The lowest BCUT2D eigenvalue weighted by molar-refractivity contribution is 0.0990. The van der Waals surface area contributed by atoms with Crippen LogP contribution >= 0.6 is 0 Å².